The monoisotopic (exact) mass is 422 g/mol. The summed E-state index contributed by atoms with van der Waals surface area (Å²) in [6, 6.07) is 22.3. The van der Waals surface area contributed by atoms with Gasteiger partial charge in [-0.25, -0.2) is 9.67 Å². The summed E-state index contributed by atoms with van der Waals surface area (Å²) in [5.41, 5.74) is 3.20. The van der Waals surface area contributed by atoms with Gasteiger partial charge in [-0.15, -0.1) is 5.10 Å². The van der Waals surface area contributed by atoms with Crippen LogP contribution in [-0.2, 0) is 0 Å². The predicted molar refractivity (Wildman–Crippen MR) is 116 cm³/mol. The highest BCUT2D eigenvalue weighted by Gasteiger charge is 2.19. The number of halogens is 2. The fourth-order valence-corrected chi connectivity index (χ4v) is 3.35. The number of nitrogens with one attached hydrogen (secondary N) is 1. The van der Waals surface area contributed by atoms with Crippen LogP contribution in [0.15, 0.2) is 72.8 Å². The molecule has 0 saturated carbocycles. The van der Waals surface area contributed by atoms with E-state index in [0.29, 0.717) is 21.6 Å². The summed E-state index contributed by atoms with van der Waals surface area (Å²) in [5.74, 6) is 0.154. The maximum atomic E-state index is 12.8. The van der Waals surface area contributed by atoms with Crippen LogP contribution in [-0.4, -0.2) is 20.7 Å². The van der Waals surface area contributed by atoms with Gasteiger partial charge in [0.2, 0.25) is 5.82 Å². The van der Waals surface area contributed by atoms with E-state index in [1.165, 1.54) is 0 Å². The summed E-state index contributed by atoms with van der Waals surface area (Å²) in [5, 5.41) is 8.02. The van der Waals surface area contributed by atoms with Gasteiger partial charge < -0.3 is 5.32 Å². The molecule has 0 fully saturated rings. The fraction of sp³-hybridized carbons (Fsp3) is 0.0455. The zero-order valence-electron chi connectivity index (χ0n) is 15.4. The van der Waals surface area contributed by atoms with Crippen molar-refractivity contribution in [3.8, 4) is 17.1 Å². The highest BCUT2D eigenvalue weighted by atomic mass is 35.5. The van der Waals surface area contributed by atoms with Crippen molar-refractivity contribution in [3.05, 3.63) is 94.2 Å². The lowest BCUT2D eigenvalue weighted by atomic mass is 10.1. The maximum Gasteiger partial charge on any atom is 0.295 e. The van der Waals surface area contributed by atoms with Gasteiger partial charge in [0, 0.05) is 10.6 Å². The molecule has 1 heterocycles. The molecule has 1 aromatic heterocycles. The van der Waals surface area contributed by atoms with Crippen LogP contribution < -0.4 is 5.32 Å². The van der Waals surface area contributed by atoms with Crippen LogP contribution in [0.25, 0.3) is 17.1 Å². The second-order valence-electron chi connectivity index (χ2n) is 6.45. The number of carbonyl (C=O) groups excluding carboxylic acids is 1. The van der Waals surface area contributed by atoms with Gasteiger partial charge >= 0.3 is 0 Å². The van der Waals surface area contributed by atoms with Crippen LogP contribution in [0.3, 0.4) is 0 Å². The summed E-state index contributed by atoms with van der Waals surface area (Å²) >= 11 is 12.1. The Kier molecular flexibility index (Phi) is 5.34. The molecule has 0 aliphatic heterocycles. The largest absolute Gasteiger partial charge is 0.318 e. The molecule has 29 heavy (non-hydrogen) atoms. The first-order valence-corrected chi connectivity index (χ1v) is 9.63. The van der Waals surface area contributed by atoms with Crippen LogP contribution in [0, 0.1) is 6.92 Å². The first-order chi connectivity index (χ1) is 14.0. The minimum Gasteiger partial charge on any atom is -0.318 e. The van der Waals surface area contributed by atoms with Crippen molar-refractivity contribution >= 4 is 34.8 Å². The number of hydrogen-bond donors (Lipinski definition) is 1. The molecule has 1 amide bonds. The fourth-order valence-electron chi connectivity index (χ4n) is 2.90. The molecule has 0 aliphatic rings. The van der Waals surface area contributed by atoms with E-state index >= 15 is 0 Å². The molecule has 4 rings (SSSR count). The molecule has 4 aromatic rings. The van der Waals surface area contributed by atoms with E-state index < -0.39 is 5.91 Å². The Morgan fingerprint density at radius 3 is 2.48 bits per heavy atom. The molecule has 3 aromatic carbocycles. The van der Waals surface area contributed by atoms with Gasteiger partial charge in [0.1, 0.15) is 0 Å². The molecule has 0 radical (unpaired) electrons. The maximum absolute atomic E-state index is 12.8. The standard InChI is InChI=1S/C22H16Cl2N4O/c1-14-6-5-7-15(12-14)21-26-20(27-28(21)17-8-3-2-4-9-17)22(29)25-19-11-10-16(23)13-18(19)24/h2-13H,1H3,(H,25,29). The number of aromatic nitrogens is 3. The van der Waals surface area contributed by atoms with Gasteiger partial charge in [-0.2, -0.15) is 0 Å². The summed E-state index contributed by atoms with van der Waals surface area (Å²) in [7, 11) is 0. The minimum absolute atomic E-state index is 0.0383. The Hall–Kier alpha value is -3.15. The minimum atomic E-state index is -0.460. The van der Waals surface area contributed by atoms with Crippen LogP contribution in [0.5, 0.6) is 0 Å². The van der Waals surface area contributed by atoms with E-state index in [1.54, 1.807) is 22.9 Å². The number of anilines is 1. The molecule has 1 N–H and O–H groups in total. The SMILES string of the molecule is Cc1cccc(-c2nc(C(=O)Nc3ccc(Cl)cc3Cl)nn2-c2ccccc2)c1. The molecule has 0 atom stereocenters. The van der Waals surface area contributed by atoms with Crippen molar-refractivity contribution in [3.63, 3.8) is 0 Å². The van der Waals surface area contributed by atoms with Crippen LogP contribution >= 0.6 is 23.2 Å². The third-order valence-electron chi connectivity index (χ3n) is 4.27. The lowest BCUT2D eigenvalue weighted by Gasteiger charge is -2.06. The van der Waals surface area contributed by atoms with Crippen molar-refractivity contribution in [2.45, 2.75) is 6.92 Å². The predicted octanol–water partition coefficient (Wildman–Crippen LogP) is 5.80. The van der Waals surface area contributed by atoms with Gasteiger partial charge in [0.15, 0.2) is 5.82 Å². The zero-order valence-corrected chi connectivity index (χ0v) is 16.9. The average Bonchev–Trinajstić information content (AvgIpc) is 3.16. The van der Waals surface area contributed by atoms with Gasteiger partial charge in [-0.3, -0.25) is 4.79 Å². The summed E-state index contributed by atoms with van der Waals surface area (Å²) < 4.78 is 1.66. The number of aryl methyl sites for hydroxylation is 1. The first-order valence-electron chi connectivity index (χ1n) is 8.87. The smallest absolute Gasteiger partial charge is 0.295 e. The van der Waals surface area contributed by atoms with Crippen molar-refractivity contribution in [1.82, 2.24) is 14.8 Å². The molecule has 0 saturated heterocycles. The Labute approximate surface area is 177 Å². The molecule has 144 valence electrons. The van der Waals surface area contributed by atoms with Gasteiger partial charge in [-0.1, -0.05) is 65.2 Å². The molecule has 0 bridgehead atoms. The van der Waals surface area contributed by atoms with Crippen LogP contribution in [0.4, 0.5) is 5.69 Å². The molecule has 7 heteroatoms. The van der Waals surface area contributed by atoms with E-state index in [1.807, 2.05) is 61.5 Å². The summed E-state index contributed by atoms with van der Waals surface area (Å²) in [6.07, 6.45) is 0. The number of nitrogens with zero attached hydrogens (tertiary/aromatic N) is 3. The van der Waals surface area contributed by atoms with Crippen molar-refractivity contribution < 1.29 is 4.79 Å². The van der Waals surface area contributed by atoms with Crippen molar-refractivity contribution in [2.75, 3.05) is 5.32 Å². The Balaban J connectivity index is 1.75. The van der Waals surface area contributed by atoms with Crippen LogP contribution in [0.1, 0.15) is 16.2 Å². The van der Waals surface area contributed by atoms with E-state index in [9.17, 15) is 4.79 Å². The normalized spacial score (nSPS) is 10.7. The lowest BCUT2D eigenvalue weighted by Crippen LogP contribution is -2.14. The second-order valence-corrected chi connectivity index (χ2v) is 7.30. The van der Waals surface area contributed by atoms with Crippen molar-refractivity contribution in [1.29, 1.82) is 0 Å². The highest BCUT2D eigenvalue weighted by Crippen LogP contribution is 2.26. The molecule has 0 unspecified atom stereocenters. The molecule has 0 spiro atoms. The second kappa shape index (κ2) is 8.07. The molecule has 0 aliphatic carbocycles. The molecule has 5 nitrogen and oxygen atoms in total. The number of benzene rings is 3. The Morgan fingerprint density at radius 1 is 0.966 bits per heavy atom. The number of carbonyl (C=O) groups is 1. The van der Waals surface area contributed by atoms with E-state index in [2.05, 4.69) is 15.4 Å². The summed E-state index contributed by atoms with van der Waals surface area (Å²) in [6.45, 7) is 2.00. The third kappa shape index (κ3) is 4.16. The first kappa shape index (κ1) is 19.2. The summed E-state index contributed by atoms with van der Waals surface area (Å²) in [4.78, 5) is 17.3. The lowest BCUT2D eigenvalue weighted by molar-refractivity contribution is 0.101. The third-order valence-corrected chi connectivity index (χ3v) is 4.81. The van der Waals surface area contributed by atoms with E-state index in [-0.39, 0.29) is 5.82 Å². The van der Waals surface area contributed by atoms with Crippen molar-refractivity contribution in [2.24, 2.45) is 0 Å². The zero-order chi connectivity index (χ0) is 20.4. The topological polar surface area (TPSA) is 59.8 Å². The Morgan fingerprint density at radius 2 is 1.76 bits per heavy atom. The Bertz CT molecular complexity index is 1190. The molecular formula is C22H16Cl2N4O. The molecular weight excluding hydrogens is 407 g/mol. The number of rotatable bonds is 4. The van der Waals surface area contributed by atoms with Gasteiger partial charge in [-0.05, 0) is 43.3 Å². The van der Waals surface area contributed by atoms with Gasteiger partial charge in [0.25, 0.3) is 5.91 Å². The quantitative estimate of drug-likeness (QED) is 0.451. The van der Waals surface area contributed by atoms with E-state index in [0.717, 1.165) is 16.8 Å². The van der Waals surface area contributed by atoms with E-state index in [4.69, 9.17) is 23.2 Å². The number of amides is 1. The average molecular weight is 423 g/mol. The van der Waals surface area contributed by atoms with Crippen LogP contribution in [0.2, 0.25) is 10.0 Å². The number of para-hydroxylation sites is 1. The highest BCUT2D eigenvalue weighted by molar-refractivity contribution is 6.36. The number of hydrogen-bond acceptors (Lipinski definition) is 3. The van der Waals surface area contributed by atoms with Gasteiger partial charge in [0.05, 0.1) is 16.4 Å².